The second kappa shape index (κ2) is 11.2. The average molecular weight is 408 g/mol. The number of carbonyl (C=O) groups excluding carboxylic acids is 1. The quantitative estimate of drug-likeness (QED) is 0.598. The topological polar surface area (TPSA) is 65.8 Å². The van der Waals surface area contributed by atoms with Gasteiger partial charge in [0.05, 0.1) is 25.3 Å². The van der Waals surface area contributed by atoms with Gasteiger partial charge in [0, 0.05) is 45.2 Å². The Balaban J connectivity index is 1.34. The number of nitriles is 1. The molecular formula is C24H29N3O3. The summed E-state index contributed by atoms with van der Waals surface area (Å²) in [6.07, 6.45) is 2.17. The molecule has 0 N–H and O–H groups in total. The highest BCUT2D eigenvalue weighted by Crippen LogP contribution is 2.28. The lowest BCUT2D eigenvalue weighted by atomic mass is 10.1. The number of rotatable bonds is 9. The van der Waals surface area contributed by atoms with Gasteiger partial charge in [0.2, 0.25) is 5.91 Å². The lowest BCUT2D eigenvalue weighted by Crippen LogP contribution is -2.49. The van der Waals surface area contributed by atoms with Crippen molar-refractivity contribution in [3.05, 3.63) is 59.7 Å². The van der Waals surface area contributed by atoms with E-state index in [1.807, 2.05) is 11.0 Å². The van der Waals surface area contributed by atoms with Crippen LogP contribution in [0.3, 0.4) is 0 Å². The van der Waals surface area contributed by atoms with Gasteiger partial charge >= 0.3 is 0 Å². The largest absolute Gasteiger partial charge is 0.493 e. The van der Waals surface area contributed by atoms with Crippen molar-refractivity contribution in [2.24, 2.45) is 0 Å². The van der Waals surface area contributed by atoms with Crippen molar-refractivity contribution < 1.29 is 14.3 Å². The number of hydrogen-bond donors (Lipinski definition) is 0. The number of hydrogen-bond acceptors (Lipinski definition) is 5. The zero-order valence-electron chi connectivity index (χ0n) is 17.5. The van der Waals surface area contributed by atoms with Gasteiger partial charge in [0.15, 0.2) is 11.5 Å². The Hall–Kier alpha value is -3.04. The van der Waals surface area contributed by atoms with Crippen LogP contribution in [-0.4, -0.2) is 62.1 Å². The predicted octanol–water partition coefficient (Wildman–Crippen LogP) is 3.11. The molecular weight excluding hydrogens is 378 g/mol. The lowest BCUT2D eigenvalue weighted by Gasteiger charge is -2.34. The molecule has 0 saturated carbocycles. The average Bonchev–Trinajstić information content (AvgIpc) is 2.81. The number of methoxy groups -OCH3 is 1. The van der Waals surface area contributed by atoms with Crippen molar-refractivity contribution in [2.45, 2.75) is 19.3 Å². The van der Waals surface area contributed by atoms with Gasteiger partial charge in [-0.2, -0.15) is 5.26 Å². The molecule has 2 aromatic rings. The van der Waals surface area contributed by atoms with E-state index in [2.05, 4.69) is 35.2 Å². The van der Waals surface area contributed by atoms with E-state index in [-0.39, 0.29) is 5.91 Å². The second-order valence-corrected chi connectivity index (χ2v) is 7.39. The molecule has 6 heteroatoms. The highest BCUT2D eigenvalue weighted by Gasteiger charge is 2.20. The summed E-state index contributed by atoms with van der Waals surface area (Å²) in [5.41, 5.74) is 1.88. The van der Waals surface area contributed by atoms with Gasteiger partial charge in [-0.15, -0.1) is 0 Å². The summed E-state index contributed by atoms with van der Waals surface area (Å²) in [5.74, 6) is 1.32. The minimum absolute atomic E-state index is 0.188. The first-order chi connectivity index (χ1) is 14.7. The molecule has 1 fully saturated rings. The van der Waals surface area contributed by atoms with Crippen LogP contribution in [0.5, 0.6) is 11.5 Å². The van der Waals surface area contributed by atoms with E-state index in [9.17, 15) is 4.79 Å². The first kappa shape index (κ1) is 21.7. The normalized spacial score (nSPS) is 14.2. The number of ether oxygens (including phenoxy) is 2. The molecule has 0 aliphatic carbocycles. The van der Waals surface area contributed by atoms with Crippen LogP contribution in [0.1, 0.15) is 24.0 Å². The molecule has 6 nitrogen and oxygen atoms in total. The van der Waals surface area contributed by atoms with E-state index in [0.29, 0.717) is 36.5 Å². The number of amides is 1. The van der Waals surface area contributed by atoms with Crippen LogP contribution in [0, 0.1) is 11.3 Å². The monoisotopic (exact) mass is 407 g/mol. The molecule has 1 aliphatic rings. The summed E-state index contributed by atoms with van der Waals surface area (Å²) in [5, 5.41) is 8.95. The van der Waals surface area contributed by atoms with Crippen molar-refractivity contribution in [1.29, 1.82) is 5.26 Å². The first-order valence-corrected chi connectivity index (χ1v) is 10.4. The fraction of sp³-hybridized carbons (Fsp3) is 0.417. The van der Waals surface area contributed by atoms with Gasteiger partial charge in [-0.25, -0.2) is 0 Å². The van der Waals surface area contributed by atoms with Gasteiger partial charge in [-0.05, 0) is 30.5 Å². The number of piperazine rings is 1. The van der Waals surface area contributed by atoms with Gasteiger partial charge in [0.25, 0.3) is 0 Å². The standard InChI is InChI=1S/C24H29N3O3/c1-29-23-18-21(19-25)9-10-22(23)30-17-5-8-24(28)27-15-13-26(14-16-27)12-11-20-6-3-2-4-7-20/h2-4,6-7,9-10,18H,5,8,11-17H2,1H3. The van der Waals surface area contributed by atoms with Crippen molar-refractivity contribution in [3.8, 4) is 17.6 Å². The fourth-order valence-electron chi connectivity index (χ4n) is 3.57. The van der Waals surface area contributed by atoms with Crippen LogP contribution in [0.25, 0.3) is 0 Å². The Kier molecular flexibility index (Phi) is 8.10. The molecule has 0 atom stereocenters. The van der Waals surface area contributed by atoms with E-state index in [0.717, 1.165) is 39.1 Å². The van der Waals surface area contributed by atoms with Crippen LogP contribution in [0.2, 0.25) is 0 Å². The Morgan fingerprint density at radius 2 is 1.83 bits per heavy atom. The maximum absolute atomic E-state index is 12.5. The van der Waals surface area contributed by atoms with Crippen LogP contribution < -0.4 is 9.47 Å². The molecule has 0 aromatic heterocycles. The molecule has 1 saturated heterocycles. The smallest absolute Gasteiger partial charge is 0.222 e. The maximum atomic E-state index is 12.5. The highest BCUT2D eigenvalue weighted by atomic mass is 16.5. The Morgan fingerprint density at radius 3 is 2.53 bits per heavy atom. The van der Waals surface area contributed by atoms with Gasteiger partial charge < -0.3 is 14.4 Å². The molecule has 1 amide bonds. The van der Waals surface area contributed by atoms with Crippen LogP contribution in [-0.2, 0) is 11.2 Å². The molecule has 0 spiro atoms. The van der Waals surface area contributed by atoms with Gasteiger partial charge in [0.1, 0.15) is 0 Å². The zero-order valence-corrected chi connectivity index (χ0v) is 17.5. The van der Waals surface area contributed by atoms with Crippen LogP contribution in [0.4, 0.5) is 0 Å². The van der Waals surface area contributed by atoms with Crippen molar-refractivity contribution in [2.75, 3.05) is 46.4 Å². The summed E-state index contributed by atoms with van der Waals surface area (Å²) in [6.45, 7) is 4.90. The minimum Gasteiger partial charge on any atom is -0.493 e. The zero-order chi connectivity index (χ0) is 21.2. The Morgan fingerprint density at radius 1 is 1.07 bits per heavy atom. The molecule has 0 bridgehead atoms. The SMILES string of the molecule is COc1cc(C#N)ccc1OCCCC(=O)N1CCN(CCc2ccccc2)CC1. The van der Waals surface area contributed by atoms with Gasteiger partial charge in [-0.1, -0.05) is 30.3 Å². The molecule has 0 unspecified atom stereocenters. The summed E-state index contributed by atoms with van der Waals surface area (Å²) in [4.78, 5) is 16.9. The fourth-order valence-corrected chi connectivity index (χ4v) is 3.57. The third kappa shape index (κ3) is 6.23. The minimum atomic E-state index is 0.188. The molecule has 1 heterocycles. The summed E-state index contributed by atoms with van der Waals surface area (Å²) < 4.78 is 11.0. The van der Waals surface area contributed by atoms with E-state index in [1.165, 1.54) is 5.56 Å². The molecule has 1 aliphatic heterocycles. The van der Waals surface area contributed by atoms with Crippen molar-refractivity contribution in [3.63, 3.8) is 0 Å². The number of benzene rings is 2. The van der Waals surface area contributed by atoms with Crippen molar-refractivity contribution in [1.82, 2.24) is 9.80 Å². The van der Waals surface area contributed by atoms with E-state index >= 15 is 0 Å². The molecule has 158 valence electrons. The highest BCUT2D eigenvalue weighted by molar-refractivity contribution is 5.76. The van der Waals surface area contributed by atoms with E-state index in [4.69, 9.17) is 14.7 Å². The van der Waals surface area contributed by atoms with E-state index in [1.54, 1.807) is 25.3 Å². The Labute approximate surface area is 178 Å². The van der Waals surface area contributed by atoms with Crippen LogP contribution >= 0.6 is 0 Å². The maximum Gasteiger partial charge on any atom is 0.222 e. The lowest BCUT2D eigenvalue weighted by molar-refractivity contribution is -0.133. The van der Waals surface area contributed by atoms with Crippen molar-refractivity contribution >= 4 is 5.91 Å². The van der Waals surface area contributed by atoms with Gasteiger partial charge in [-0.3, -0.25) is 9.69 Å². The van der Waals surface area contributed by atoms with E-state index < -0.39 is 0 Å². The summed E-state index contributed by atoms with van der Waals surface area (Å²) >= 11 is 0. The first-order valence-electron chi connectivity index (χ1n) is 10.4. The summed E-state index contributed by atoms with van der Waals surface area (Å²) in [6, 6.07) is 17.7. The predicted molar refractivity (Wildman–Crippen MR) is 116 cm³/mol. The molecule has 2 aromatic carbocycles. The molecule has 3 rings (SSSR count). The molecule has 30 heavy (non-hydrogen) atoms. The Bertz CT molecular complexity index is 856. The van der Waals surface area contributed by atoms with Crippen LogP contribution in [0.15, 0.2) is 48.5 Å². The molecule has 0 radical (unpaired) electrons. The number of carbonyl (C=O) groups is 1. The second-order valence-electron chi connectivity index (χ2n) is 7.39. The summed E-state index contributed by atoms with van der Waals surface area (Å²) in [7, 11) is 1.55. The third-order valence-electron chi connectivity index (χ3n) is 5.37. The number of nitrogens with zero attached hydrogens (tertiary/aromatic N) is 3. The third-order valence-corrected chi connectivity index (χ3v) is 5.37.